The molecule has 70 heavy (non-hydrogen) atoms. The van der Waals surface area contributed by atoms with Gasteiger partial charge in [0.2, 0.25) is 5.78 Å². The van der Waals surface area contributed by atoms with Gasteiger partial charge in [0.25, 0.3) is 5.91 Å². The lowest BCUT2D eigenvalue weighted by atomic mass is 9.77. The monoisotopic (exact) mass is 982 g/mol. The zero-order valence-electron chi connectivity index (χ0n) is 43.4. The molecular formula is C53H83N5O12. The topological polar surface area (TPSA) is 219 Å². The third-order valence-electron chi connectivity index (χ3n) is 14.7. The predicted molar refractivity (Wildman–Crippen MR) is 263 cm³/mol. The number of rotatable bonds is 11. The molecule has 2 N–H and O–H groups in total. The first kappa shape index (κ1) is 58.3. The van der Waals surface area contributed by atoms with Crippen molar-refractivity contribution in [1.29, 1.82) is 0 Å². The van der Waals surface area contributed by atoms with Crippen LogP contribution in [0.2, 0.25) is 0 Å². The molecule has 1 aromatic rings. The summed E-state index contributed by atoms with van der Waals surface area (Å²) in [7, 11) is 4.65. The van der Waals surface area contributed by atoms with Crippen molar-refractivity contribution in [3.63, 3.8) is 0 Å². The van der Waals surface area contributed by atoms with E-state index in [1.807, 2.05) is 65.0 Å². The zero-order chi connectivity index (χ0) is 51.5. The Labute approximate surface area is 415 Å². The molecule has 0 bridgehead atoms. The van der Waals surface area contributed by atoms with Gasteiger partial charge in [-0.2, -0.15) is 0 Å². The third kappa shape index (κ3) is 17.2. The number of esters is 1. The number of aliphatic hydroxyl groups excluding tert-OH is 2. The molecule has 14 atom stereocenters. The molecule has 1 aliphatic carbocycles. The van der Waals surface area contributed by atoms with Gasteiger partial charge in [0.1, 0.15) is 43.1 Å². The van der Waals surface area contributed by atoms with Crippen LogP contribution in [0, 0.1) is 35.5 Å². The molecular weight excluding hydrogens is 899 g/mol. The summed E-state index contributed by atoms with van der Waals surface area (Å²) in [6.45, 7) is 12.7. The van der Waals surface area contributed by atoms with Gasteiger partial charge >= 0.3 is 5.97 Å². The van der Waals surface area contributed by atoms with Crippen molar-refractivity contribution < 1.29 is 57.9 Å². The number of fused-ring (bicyclic) bond motifs is 1. The maximum absolute atomic E-state index is 14.4. The van der Waals surface area contributed by atoms with Gasteiger partial charge in [-0.05, 0) is 123 Å². The summed E-state index contributed by atoms with van der Waals surface area (Å²) in [5.74, 6) is -4.10. The molecule has 0 radical (unpaired) electrons. The Bertz CT molecular complexity index is 1950. The summed E-state index contributed by atoms with van der Waals surface area (Å²) in [5, 5.41) is 33.0. The van der Waals surface area contributed by atoms with Crippen LogP contribution in [0.3, 0.4) is 0 Å². The summed E-state index contributed by atoms with van der Waals surface area (Å²) in [5.41, 5.74) is 1.31. The molecule has 392 valence electrons. The number of carbonyl (C=O) groups is 5. The maximum Gasteiger partial charge on any atom is 0.329 e. The van der Waals surface area contributed by atoms with Crippen molar-refractivity contribution >= 4 is 29.2 Å². The van der Waals surface area contributed by atoms with Gasteiger partial charge in [-0.1, -0.05) is 71.1 Å². The van der Waals surface area contributed by atoms with Crippen molar-refractivity contribution in [1.82, 2.24) is 25.1 Å². The van der Waals surface area contributed by atoms with Gasteiger partial charge in [0, 0.05) is 59.2 Å². The number of piperidine rings is 1. The predicted octanol–water partition coefficient (Wildman–Crippen LogP) is 6.34. The molecule has 2 aliphatic heterocycles. The molecule has 1 amide bonds. The Morgan fingerprint density at radius 2 is 1.66 bits per heavy atom. The molecule has 1 saturated heterocycles. The second kappa shape index (κ2) is 29.3. The number of Topliss-reactive ketones (excluding diaryl/α,β-unsaturated/α-hetero) is 3. The van der Waals surface area contributed by atoms with Crippen LogP contribution in [0.5, 0.6) is 0 Å². The van der Waals surface area contributed by atoms with Gasteiger partial charge in [0.15, 0.2) is 5.78 Å². The fourth-order valence-corrected chi connectivity index (χ4v) is 10.2. The second-order valence-corrected chi connectivity index (χ2v) is 20.4. The van der Waals surface area contributed by atoms with E-state index in [-0.39, 0.29) is 79.5 Å². The number of amides is 1. The van der Waals surface area contributed by atoms with E-state index in [4.69, 9.17) is 23.7 Å². The first-order valence-electron chi connectivity index (χ1n) is 25.4. The minimum absolute atomic E-state index is 0.00598. The van der Waals surface area contributed by atoms with E-state index >= 15 is 0 Å². The lowest BCUT2D eigenvalue weighted by Gasteiger charge is -2.38. The van der Waals surface area contributed by atoms with Crippen LogP contribution in [0.15, 0.2) is 53.9 Å². The Hall–Kier alpha value is -4.26. The van der Waals surface area contributed by atoms with E-state index in [9.17, 15) is 34.2 Å². The quantitative estimate of drug-likeness (QED) is 0.141. The number of aromatic nitrogens is 4. The van der Waals surface area contributed by atoms with Crippen LogP contribution in [-0.4, -0.2) is 148 Å². The molecule has 1 unspecified atom stereocenters. The van der Waals surface area contributed by atoms with Crippen LogP contribution in [-0.2, 0) is 47.7 Å². The molecule has 17 heteroatoms. The maximum atomic E-state index is 14.4. The van der Waals surface area contributed by atoms with E-state index < -0.39 is 66.6 Å². The van der Waals surface area contributed by atoms with Crippen molar-refractivity contribution in [2.24, 2.45) is 35.5 Å². The van der Waals surface area contributed by atoms with Crippen LogP contribution in [0.4, 0.5) is 0 Å². The van der Waals surface area contributed by atoms with Crippen molar-refractivity contribution in [2.75, 3.05) is 41.1 Å². The number of ketones is 3. The number of ether oxygens (including phenoxy) is 5. The summed E-state index contributed by atoms with van der Waals surface area (Å²) in [6, 6.07) is -1.09. The summed E-state index contributed by atoms with van der Waals surface area (Å²) >= 11 is 0. The summed E-state index contributed by atoms with van der Waals surface area (Å²) in [6.07, 6.45) is 14.8. The first-order chi connectivity index (χ1) is 33.4. The lowest BCUT2D eigenvalue weighted by Crippen LogP contribution is -2.52. The van der Waals surface area contributed by atoms with Crippen molar-refractivity contribution in [2.45, 2.75) is 174 Å². The average molecular weight is 982 g/mol. The standard InChI is InChI=1S/C53H83N5O12/c1-33-16-12-11-13-17-35(3)46(66-8)28-41(21-19-34(2)30-59)69-31-45(61)52(64)57-23-15-14-18-43(57)53(65)70-47(37(5)26-40-20-22-42(48(27-40)67-9)58-32-54-55-56-58)29-44(60)36(4)25-39(7)50(63)51(68-10)49(62)38(6)24-33/h11-13,16-17,25,32-34,36-38,40-43,46-48,50-51,59,63H,14-15,18-24,26-31H2,1-10H3/b13-11+,16-12+,35-17+,39-25+/t33-,34-,36-,37-,38+,40+,41+,42+,43+,46+,47+,48-,50-,51?/m1/s1. The van der Waals surface area contributed by atoms with E-state index in [0.29, 0.717) is 56.9 Å². The number of hydrogen-bond acceptors (Lipinski definition) is 15. The average Bonchev–Trinajstić information content (AvgIpc) is 3.90. The van der Waals surface area contributed by atoms with Crippen LogP contribution in [0.25, 0.3) is 0 Å². The smallest absolute Gasteiger partial charge is 0.329 e. The lowest BCUT2D eigenvalue weighted by molar-refractivity contribution is -0.166. The number of allylic oxidation sites excluding steroid dienone is 6. The SMILES string of the molecule is COC1C(=O)[C@@H](C)C[C@H](C)/C=C/C=C/C=C(\C)[C@@H](OC)C[C@H](CC[C@@H](C)CO)OCC(=O)C(=O)N2CCCC[C@H]2C(=O)O[C@H]([C@H](C)C[C@@H]2CC[C@H](n3cnnn3)[C@H](OC)C2)CC(=O)[C@H](C)/C=C(\C)[C@H]1O. The van der Waals surface area contributed by atoms with E-state index in [1.165, 1.54) is 12.0 Å². The Balaban J connectivity index is 1.67. The minimum atomic E-state index is -1.31. The van der Waals surface area contributed by atoms with Gasteiger partial charge < -0.3 is 38.8 Å². The number of nitrogens with zero attached hydrogens (tertiary/aromatic N) is 5. The number of cyclic esters (lactones) is 1. The van der Waals surface area contributed by atoms with Gasteiger partial charge in [0.05, 0.1) is 24.4 Å². The molecule has 4 rings (SSSR count). The number of carbonyl (C=O) groups excluding carboxylic acids is 5. The van der Waals surface area contributed by atoms with Gasteiger partial charge in [-0.3, -0.25) is 19.2 Å². The van der Waals surface area contributed by atoms with Crippen LogP contribution >= 0.6 is 0 Å². The van der Waals surface area contributed by atoms with E-state index in [0.717, 1.165) is 18.4 Å². The highest BCUT2D eigenvalue weighted by atomic mass is 16.5. The summed E-state index contributed by atoms with van der Waals surface area (Å²) in [4.78, 5) is 71.5. The molecule has 1 aromatic heterocycles. The Kier molecular flexibility index (Phi) is 24.4. The molecule has 3 aliphatic rings. The molecule has 2 fully saturated rings. The molecule has 3 heterocycles. The van der Waals surface area contributed by atoms with E-state index in [1.54, 1.807) is 45.2 Å². The number of aliphatic hydroxyl groups is 2. The Morgan fingerprint density at radius 3 is 2.33 bits per heavy atom. The molecule has 0 aromatic carbocycles. The van der Waals surface area contributed by atoms with Gasteiger partial charge in [-0.25, -0.2) is 9.48 Å². The normalized spacial score (nSPS) is 34.9. The highest BCUT2D eigenvalue weighted by Crippen LogP contribution is 2.38. The fraction of sp³-hybridized carbons (Fsp3) is 0.736. The molecule has 17 nitrogen and oxygen atoms in total. The fourth-order valence-electron chi connectivity index (χ4n) is 10.2. The van der Waals surface area contributed by atoms with E-state index in [2.05, 4.69) is 15.5 Å². The van der Waals surface area contributed by atoms with Crippen molar-refractivity contribution in [3.05, 3.63) is 53.9 Å². The first-order valence-corrected chi connectivity index (χ1v) is 25.4. The second-order valence-electron chi connectivity index (χ2n) is 20.4. The number of tetrazole rings is 1. The molecule has 0 spiro atoms. The number of hydrogen-bond donors (Lipinski definition) is 2. The third-order valence-corrected chi connectivity index (χ3v) is 14.7. The number of methoxy groups -OCH3 is 3. The zero-order valence-corrected chi connectivity index (χ0v) is 43.4. The van der Waals surface area contributed by atoms with Gasteiger partial charge in [-0.15, -0.1) is 5.10 Å². The van der Waals surface area contributed by atoms with Crippen molar-refractivity contribution in [3.8, 4) is 0 Å². The Morgan fingerprint density at radius 1 is 0.900 bits per heavy atom. The van der Waals surface area contributed by atoms with Crippen LogP contribution < -0.4 is 0 Å². The largest absolute Gasteiger partial charge is 0.460 e. The molecule has 1 saturated carbocycles. The summed E-state index contributed by atoms with van der Waals surface area (Å²) < 4.78 is 31.6. The highest BCUT2D eigenvalue weighted by molar-refractivity contribution is 6.37. The van der Waals surface area contributed by atoms with Crippen LogP contribution in [0.1, 0.15) is 132 Å². The highest BCUT2D eigenvalue weighted by Gasteiger charge is 2.40. The minimum Gasteiger partial charge on any atom is -0.460 e.